The molecule has 4 aromatic rings. The molecule has 0 saturated heterocycles. The lowest BCUT2D eigenvalue weighted by atomic mass is 9.61. The Labute approximate surface area is 258 Å². The van der Waals surface area contributed by atoms with Crippen LogP contribution in [0.2, 0.25) is 0 Å². The van der Waals surface area contributed by atoms with Gasteiger partial charge >= 0.3 is 0 Å². The van der Waals surface area contributed by atoms with Gasteiger partial charge in [0.15, 0.2) is 11.9 Å². The fourth-order valence-corrected chi connectivity index (χ4v) is 8.59. The number of benzene rings is 3. The molecule has 2 aliphatic carbocycles. The van der Waals surface area contributed by atoms with Crippen LogP contribution in [0.1, 0.15) is 102 Å². The van der Waals surface area contributed by atoms with Crippen molar-refractivity contribution in [1.82, 2.24) is 0 Å². The van der Waals surface area contributed by atoms with Gasteiger partial charge in [-0.05, 0) is 112 Å². The van der Waals surface area contributed by atoms with Gasteiger partial charge in [-0.1, -0.05) is 102 Å². The molecule has 1 nitrogen and oxygen atoms in total. The summed E-state index contributed by atoms with van der Waals surface area (Å²) in [5, 5.41) is 2.77. The van der Waals surface area contributed by atoms with Crippen LogP contribution in [0, 0.1) is 5.41 Å². The molecule has 43 heavy (non-hydrogen) atoms. The van der Waals surface area contributed by atoms with Gasteiger partial charge in [-0.15, -0.1) is 0 Å². The standard InChI is InChI=1S/C42H46N/c1-8-42(9-2)28(3)43-23-20-33-26-37-38(41(6,7)22-21-40(37,4)5)27-34(33)39(43)35-25-32(18-19-36(35)42)31-17-13-16-30(24-31)29-14-11-10-12-15-29/h10-20,23-24,26-27,35H,3,8-9,21-22,25H2,1-2,4-7H3/q+1. The van der Waals surface area contributed by atoms with Crippen LogP contribution in [0.15, 0.2) is 103 Å². The number of allylic oxidation sites excluding steroid dienone is 5. The molecule has 218 valence electrons. The van der Waals surface area contributed by atoms with Gasteiger partial charge in [-0.3, -0.25) is 0 Å². The van der Waals surface area contributed by atoms with Gasteiger partial charge < -0.3 is 0 Å². The topological polar surface area (TPSA) is 3.88 Å². The molecular formula is C42H46N+. The Bertz CT molecular complexity index is 1820. The van der Waals surface area contributed by atoms with Crippen molar-refractivity contribution in [3.8, 4) is 11.1 Å². The zero-order chi connectivity index (χ0) is 30.1. The van der Waals surface area contributed by atoms with E-state index >= 15 is 0 Å². The monoisotopic (exact) mass is 564 g/mol. The van der Waals surface area contributed by atoms with Crippen molar-refractivity contribution < 1.29 is 4.57 Å². The van der Waals surface area contributed by atoms with Crippen molar-refractivity contribution in [3.05, 3.63) is 126 Å². The van der Waals surface area contributed by atoms with Crippen LogP contribution >= 0.6 is 0 Å². The van der Waals surface area contributed by atoms with E-state index in [1.165, 1.54) is 68.4 Å². The minimum Gasteiger partial charge on any atom is -0.167 e. The first-order valence-corrected chi connectivity index (χ1v) is 16.4. The zero-order valence-corrected chi connectivity index (χ0v) is 26.9. The molecule has 0 bridgehead atoms. The average molecular weight is 565 g/mol. The van der Waals surface area contributed by atoms with Gasteiger partial charge in [0.25, 0.3) is 0 Å². The minimum atomic E-state index is -0.0284. The molecule has 7 rings (SSSR count). The number of hydrogen-bond donors (Lipinski definition) is 0. The van der Waals surface area contributed by atoms with Crippen LogP contribution in [-0.4, -0.2) is 0 Å². The molecule has 0 N–H and O–H groups in total. The fraction of sp³-hybridized carbons (Fsp3) is 0.357. The lowest BCUT2D eigenvalue weighted by Gasteiger charge is -2.43. The van der Waals surface area contributed by atoms with Crippen LogP contribution in [0.3, 0.4) is 0 Å². The molecule has 1 unspecified atom stereocenters. The predicted molar refractivity (Wildman–Crippen MR) is 183 cm³/mol. The lowest BCUT2D eigenvalue weighted by Crippen LogP contribution is -2.51. The second-order valence-corrected chi connectivity index (χ2v) is 14.6. The maximum absolute atomic E-state index is 4.81. The summed E-state index contributed by atoms with van der Waals surface area (Å²) in [4.78, 5) is 0. The summed E-state index contributed by atoms with van der Waals surface area (Å²) in [5.41, 5.74) is 12.9. The molecule has 0 fully saturated rings. The van der Waals surface area contributed by atoms with Crippen molar-refractivity contribution in [2.24, 2.45) is 5.41 Å². The van der Waals surface area contributed by atoms with E-state index in [0.717, 1.165) is 19.3 Å². The maximum Gasteiger partial charge on any atom is 0.202 e. The summed E-state index contributed by atoms with van der Waals surface area (Å²) in [6, 6.07) is 27.4. The SMILES string of the molecule is C=C1[n+]2ccc3cc4c(cc3c2C2CC(c3cccc(-c5ccccc5)c3)=CC=C2C1(CC)CC)C(C)(C)CCC4(C)C. The number of rotatable bonds is 4. The Morgan fingerprint density at radius 2 is 1.40 bits per heavy atom. The molecule has 0 saturated carbocycles. The lowest BCUT2D eigenvalue weighted by molar-refractivity contribution is -0.601. The normalized spacial score (nSPS) is 21.3. The zero-order valence-electron chi connectivity index (χ0n) is 26.9. The van der Waals surface area contributed by atoms with Crippen molar-refractivity contribution in [1.29, 1.82) is 0 Å². The molecule has 1 aliphatic heterocycles. The van der Waals surface area contributed by atoms with Gasteiger partial charge in [0, 0.05) is 6.07 Å². The highest BCUT2D eigenvalue weighted by atomic mass is 15.0. The van der Waals surface area contributed by atoms with Crippen molar-refractivity contribution in [2.45, 2.75) is 90.4 Å². The molecule has 1 aromatic heterocycles. The van der Waals surface area contributed by atoms with E-state index in [0.29, 0.717) is 5.92 Å². The first kappa shape index (κ1) is 28.1. The Hall–Kier alpha value is -3.71. The number of nitrogens with zero attached hydrogens (tertiary/aromatic N) is 1. The number of hydrogen-bond acceptors (Lipinski definition) is 0. The van der Waals surface area contributed by atoms with Gasteiger partial charge in [0.2, 0.25) is 5.69 Å². The smallest absolute Gasteiger partial charge is 0.167 e. The highest BCUT2D eigenvalue weighted by molar-refractivity contribution is 5.88. The summed E-state index contributed by atoms with van der Waals surface area (Å²) in [6.07, 6.45) is 12.8. The molecule has 0 spiro atoms. The largest absolute Gasteiger partial charge is 0.202 e. The van der Waals surface area contributed by atoms with E-state index in [-0.39, 0.29) is 16.2 Å². The second kappa shape index (κ2) is 9.91. The minimum absolute atomic E-state index is 0.0284. The third kappa shape index (κ3) is 4.22. The van der Waals surface area contributed by atoms with E-state index in [2.05, 4.69) is 137 Å². The van der Waals surface area contributed by atoms with Crippen LogP contribution < -0.4 is 4.57 Å². The van der Waals surface area contributed by atoms with Gasteiger partial charge in [-0.25, -0.2) is 0 Å². The number of pyridine rings is 1. The van der Waals surface area contributed by atoms with Crippen molar-refractivity contribution in [2.75, 3.05) is 0 Å². The molecule has 0 radical (unpaired) electrons. The van der Waals surface area contributed by atoms with Gasteiger partial charge in [0.05, 0.1) is 16.7 Å². The summed E-state index contributed by atoms with van der Waals surface area (Å²) >= 11 is 0. The molecule has 2 heterocycles. The van der Waals surface area contributed by atoms with E-state index in [1.807, 2.05) is 0 Å². The Kier molecular flexibility index (Phi) is 6.47. The quantitative estimate of drug-likeness (QED) is 0.217. The molecule has 1 atom stereocenters. The van der Waals surface area contributed by atoms with Crippen LogP contribution in [0.25, 0.3) is 33.2 Å². The van der Waals surface area contributed by atoms with Gasteiger partial charge in [-0.2, -0.15) is 4.57 Å². The Morgan fingerprint density at radius 1 is 0.744 bits per heavy atom. The Balaban J connectivity index is 1.44. The first-order valence-electron chi connectivity index (χ1n) is 16.4. The Morgan fingerprint density at radius 3 is 2.09 bits per heavy atom. The second-order valence-electron chi connectivity index (χ2n) is 14.6. The maximum atomic E-state index is 4.81. The summed E-state index contributed by atoms with van der Waals surface area (Å²) in [7, 11) is 0. The van der Waals surface area contributed by atoms with Gasteiger partial charge in [0.1, 0.15) is 0 Å². The first-order chi connectivity index (χ1) is 20.6. The molecule has 1 heteroatoms. The summed E-state index contributed by atoms with van der Waals surface area (Å²) < 4.78 is 2.49. The average Bonchev–Trinajstić information content (AvgIpc) is 3.03. The number of aromatic nitrogens is 1. The van der Waals surface area contributed by atoms with Crippen molar-refractivity contribution in [3.63, 3.8) is 0 Å². The molecule has 3 aliphatic rings. The van der Waals surface area contributed by atoms with E-state index in [4.69, 9.17) is 6.58 Å². The molecular weight excluding hydrogens is 518 g/mol. The van der Waals surface area contributed by atoms with E-state index in [1.54, 1.807) is 5.57 Å². The van der Waals surface area contributed by atoms with Crippen LogP contribution in [0.5, 0.6) is 0 Å². The number of fused-ring (bicyclic) bond motifs is 6. The predicted octanol–water partition coefficient (Wildman–Crippen LogP) is 10.9. The van der Waals surface area contributed by atoms with Crippen LogP contribution in [0.4, 0.5) is 0 Å². The van der Waals surface area contributed by atoms with E-state index < -0.39 is 0 Å². The molecule has 0 amide bonds. The third-order valence-electron chi connectivity index (χ3n) is 11.5. The fourth-order valence-electron chi connectivity index (χ4n) is 8.59. The third-order valence-corrected chi connectivity index (χ3v) is 11.5. The van der Waals surface area contributed by atoms with E-state index in [9.17, 15) is 0 Å². The summed E-state index contributed by atoms with van der Waals surface area (Å²) in [6.45, 7) is 19.3. The highest BCUT2D eigenvalue weighted by Crippen LogP contribution is 2.56. The highest BCUT2D eigenvalue weighted by Gasteiger charge is 2.51. The molecule has 3 aromatic carbocycles. The van der Waals surface area contributed by atoms with Crippen molar-refractivity contribution >= 4 is 22.0 Å². The summed E-state index contributed by atoms with van der Waals surface area (Å²) in [5.74, 6) is 0.312. The van der Waals surface area contributed by atoms with Crippen LogP contribution in [-0.2, 0) is 10.8 Å².